The first-order valence-corrected chi connectivity index (χ1v) is 20.2. The third-order valence-electron chi connectivity index (χ3n) is 12.6. The number of aromatic nitrogens is 1. The van der Waals surface area contributed by atoms with E-state index in [9.17, 15) is 0 Å². The van der Waals surface area contributed by atoms with Crippen molar-refractivity contribution in [1.29, 1.82) is 0 Å². The predicted molar refractivity (Wildman–Crippen MR) is 246 cm³/mol. The molecule has 11 rings (SSSR count). The standard InChI is InChI=1S/C56H42N2/c1-56(2)50-24-13-12-22-48(50)49-33-31-44(36-51(49)56)58(42-28-25-38(26-29-42)46-23-14-20-37-15-10-11-21-45(37)46)43-30-32-47-41(35-43)27-34-52-54(47)53(39-16-6-4-7-17-39)55(57(52)3)40-18-8-5-9-19-40/h4-36H,1-3H3. The van der Waals surface area contributed by atoms with Gasteiger partial charge in [0.15, 0.2) is 0 Å². The zero-order chi connectivity index (χ0) is 39.0. The third-order valence-corrected chi connectivity index (χ3v) is 12.6. The Balaban J connectivity index is 1.11. The first-order valence-electron chi connectivity index (χ1n) is 20.2. The van der Waals surface area contributed by atoms with Gasteiger partial charge in [-0.25, -0.2) is 0 Å². The largest absolute Gasteiger partial charge is 0.343 e. The molecule has 2 nitrogen and oxygen atoms in total. The van der Waals surface area contributed by atoms with Gasteiger partial charge in [-0.2, -0.15) is 0 Å². The average molecular weight is 743 g/mol. The van der Waals surface area contributed by atoms with E-state index in [0.29, 0.717) is 0 Å². The van der Waals surface area contributed by atoms with Crippen molar-refractivity contribution in [3.63, 3.8) is 0 Å². The van der Waals surface area contributed by atoms with E-state index in [-0.39, 0.29) is 5.41 Å². The SMILES string of the molecule is Cn1c(-c2ccccc2)c(-c2ccccc2)c2c3ccc(N(c4ccc(-c5cccc6ccccc56)cc4)c4ccc5c(c4)C(C)(C)c4ccccc4-5)cc3ccc21. The highest BCUT2D eigenvalue weighted by atomic mass is 15.1. The van der Waals surface area contributed by atoms with Crippen molar-refractivity contribution in [2.24, 2.45) is 7.05 Å². The summed E-state index contributed by atoms with van der Waals surface area (Å²) in [6.07, 6.45) is 0. The number of fused-ring (bicyclic) bond motifs is 7. The Morgan fingerprint density at radius 2 is 1.03 bits per heavy atom. The maximum absolute atomic E-state index is 2.44. The molecule has 276 valence electrons. The van der Waals surface area contributed by atoms with Gasteiger partial charge in [0.1, 0.15) is 0 Å². The van der Waals surface area contributed by atoms with E-state index in [1.807, 2.05) is 0 Å². The van der Waals surface area contributed by atoms with Crippen LogP contribution in [0.5, 0.6) is 0 Å². The molecule has 0 saturated heterocycles. The maximum Gasteiger partial charge on any atom is 0.0568 e. The molecule has 0 unspecified atom stereocenters. The van der Waals surface area contributed by atoms with Crippen molar-refractivity contribution in [2.45, 2.75) is 19.3 Å². The summed E-state index contributed by atoms with van der Waals surface area (Å²) in [5.41, 5.74) is 17.3. The lowest BCUT2D eigenvalue weighted by molar-refractivity contribution is 0.660. The van der Waals surface area contributed by atoms with Gasteiger partial charge in [-0.3, -0.25) is 0 Å². The fourth-order valence-electron chi connectivity index (χ4n) is 9.76. The molecule has 1 aromatic heterocycles. The Bertz CT molecular complexity index is 3180. The molecule has 10 aromatic rings. The van der Waals surface area contributed by atoms with Crippen LogP contribution in [-0.4, -0.2) is 4.57 Å². The van der Waals surface area contributed by atoms with Crippen LogP contribution in [0.15, 0.2) is 200 Å². The average Bonchev–Trinajstić information content (AvgIpc) is 3.71. The lowest BCUT2D eigenvalue weighted by Crippen LogP contribution is -2.16. The van der Waals surface area contributed by atoms with E-state index in [0.717, 1.165) is 17.1 Å². The second-order valence-electron chi connectivity index (χ2n) is 16.2. The minimum Gasteiger partial charge on any atom is -0.343 e. The van der Waals surface area contributed by atoms with E-state index in [1.54, 1.807) is 0 Å². The molecule has 0 radical (unpaired) electrons. The van der Waals surface area contributed by atoms with Gasteiger partial charge in [-0.15, -0.1) is 0 Å². The molecule has 0 amide bonds. The highest BCUT2D eigenvalue weighted by Gasteiger charge is 2.35. The van der Waals surface area contributed by atoms with Crippen molar-refractivity contribution >= 4 is 49.5 Å². The summed E-state index contributed by atoms with van der Waals surface area (Å²) in [6, 6.07) is 73.7. The van der Waals surface area contributed by atoms with Crippen molar-refractivity contribution in [3.05, 3.63) is 211 Å². The minimum absolute atomic E-state index is 0.113. The van der Waals surface area contributed by atoms with Gasteiger partial charge in [0.05, 0.1) is 5.69 Å². The highest BCUT2D eigenvalue weighted by Crippen LogP contribution is 2.51. The van der Waals surface area contributed by atoms with Crippen LogP contribution in [0.25, 0.3) is 77.1 Å². The molecule has 0 atom stereocenters. The number of aryl methyl sites for hydroxylation is 1. The third kappa shape index (κ3) is 5.26. The topological polar surface area (TPSA) is 8.17 Å². The van der Waals surface area contributed by atoms with Crippen molar-refractivity contribution in [1.82, 2.24) is 4.57 Å². The molecule has 1 heterocycles. The number of rotatable bonds is 6. The van der Waals surface area contributed by atoms with Gasteiger partial charge in [-0.05, 0) is 109 Å². The van der Waals surface area contributed by atoms with Gasteiger partial charge in [-0.1, -0.05) is 172 Å². The molecular formula is C56H42N2. The molecule has 0 fully saturated rings. The summed E-state index contributed by atoms with van der Waals surface area (Å²) in [5, 5.41) is 6.25. The molecule has 0 bridgehead atoms. The van der Waals surface area contributed by atoms with E-state index in [2.05, 4.69) is 231 Å². The number of nitrogens with zero attached hydrogens (tertiary/aromatic N) is 2. The molecule has 9 aromatic carbocycles. The molecule has 0 saturated carbocycles. The summed E-state index contributed by atoms with van der Waals surface area (Å²) in [7, 11) is 2.20. The van der Waals surface area contributed by atoms with E-state index in [4.69, 9.17) is 0 Å². The van der Waals surface area contributed by atoms with E-state index < -0.39 is 0 Å². The van der Waals surface area contributed by atoms with Gasteiger partial charge in [0.2, 0.25) is 0 Å². The number of hydrogen-bond donors (Lipinski definition) is 0. The zero-order valence-electron chi connectivity index (χ0n) is 32.9. The second kappa shape index (κ2) is 13.2. The highest BCUT2D eigenvalue weighted by molar-refractivity contribution is 6.18. The first kappa shape index (κ1) is 34.1. The van der Waals surface area contributed by atoms with Crippen molar-refractivity contribution in [2.75, 3.05) is 4.90 Å². The fraction of sp³-hybridized carbons (Fsp3) is 0.0714. The number of benzene rings is 9. The number of hydrogen-bond acceptors (Lipinski definition) is 1. The number of anilines is 3. The Morgan fingerprint density at radius 3 is 1.84 bits per heavy atom. The van der Waals surface area contributed by atoms with Crippen LogP contribution in [-0.2, 0) is 12.5 Å². The minimum atomic E-state index is -0.113. The zero-order valence-corrected chi connectivity index (χ0v) is 32.9. The lowest BCUT2D eigenvalue weighted by Gasteiger charge is -2.28. The molecule has 0 N–H and O–H groups in total. The quantitative estimate of drug-likeness (QED) is 0.165. The maximum atomic E-state index is 2.44. The molecule has 1 aliphatic carbocycles. The molecule has 58 heavy (non-hydrogen) atoms. The van der Waals surface area contributed by atoms with E-state index in [1.165, 1.54) is 88.2 Å². The summed E-state index contributed by atoms with van der Waals surface area (Å²) in [5.74, 6) is 0. The lowest BCUT2D eigenvalue weighted by atomic mass is 9.82. The summed E-state index contributed by atoms with van der Waals surface area (Å²) >= 11 is 0. The molecule has 1 aliphatic rings. The van der Waals surface area contributed by atoms with Crippen LogP contribution in [0, 0.1) is 0 Å². The molecule has 0 spiro atoms. The van der Waals surface area contributed by atoms with Gasteiger partial charge in [0.25, 0.3) is 0 Å². The summed E-state index contributed by atoms with van der Waals surface area (Å²) in [4.78, 5) is 2.44. The van der Waals surface area contributed by atoms with E-state index >= 15 is 0 Å². The molecule has 2 heteroatoms. The smallest absolute Gasteiger partial charge is 0.0568 e. The Kier molecular flexibility index (Phi) is 7.78. The monoisotopic (exact) mass is 742 g/mol. The fourth-order valence-corrected chi connectivity index (χ4v) is 9.76. The Morgan fingerprint density at radius 1 is 0.414 bits per heavy atom. The van der Waals surface area contributed by atoms with Gasteiger partial charge >= 0.3 is 0 Å². The van der Waals surface area contributed by atoms with Gasteiger partial charge in [0, 0.05) is 46.0 Å². The Labute approximate surface area is 339 Å². The van der Waals surface area contributed by atoms with Crippen LogP contribution >= 0.6 is 0 Å². The van der Waals surface area contributed by atoms with Crippen LogP contribution < -0.4 is 4.90 Å². The molecular weight excluding hydrogens is 701 g/mol. The van der Waals surface area contributed by atoms with Crippen LogP contribution in [0.1, 0.15) is 25.0 Å². The van der Waals surface area contributed by atoms with Crippen molar-refractivity contribution < 1.29 is 0 Å². The normalized spacial score (nSPS) is 12.9. The second-order valence-corrected chi connectivity index (χ2v) is 16.2. The Hall–Kier alpha value is -7.16. The van der Waals surface area contributed by atoms with Crippen molar-refractivity contribution in [3.8, 4) is 44.6 Å². The van der Waals surface area contributed by atoms with Crippen LogP contribution in [0.3, 0.4) is 0 Å². The first-order chi connectivity index (χ1) is 28.5. The van der Waals surface area contributed by atoms with Crippen LogP contribution in [0.4, 0.5) is 17.1 Å². The molecule has 0 aliphatic heterocycles. The summed E-state index contributed by atoms with van der Waals surface area (Å²) < 4.78 is 2.37. The van der Waals surface area contributed by atoms with Crippen LogP contribution in [0.2, 0.25) is 0 Å². The summed E-state index contributed by atoms with van der Waals surface area (Å²) in [6.45, 7) is 4.72. The predicted octanol–water partition coefficient (Wildman–Crippen LogP) is 15.3. The van der Waals surface area contributed by atoms with Gasteiger partial charge < -0.3 is 9.47 Å².